The van der Waals surface area contributed by atoms with Crippen molar-refractivity contribution in [2.75, 3.05) is 0 Å². The quantitative estimate of drug-likeness (QED) is 0.538. The van der Waals surface area contributed by atoms with Crippen LogP contribution in [0.1, 0.15) is 19.4 Å². The highest BCUT2D eigenvalue weighted by atomic mass is 35.5. The van der Waals surface area contributed by atoms with Crippen LogP contribution in [0.4, 0.5) is 22.0 Å². The van der Waals surface area contributed by atoms with E-state index in [2.05, 4.69) is 0 Å². The van der Waals surface area contributed by atoms with Crippen molar-refractivity contribution < 1.29 is 31.5 Å². The van der Waals surface area contributed by atoms with Crippen LogP contribution in [-0.2, 0) is 16.1 Å². The van der Waals surface area contributed by atoms with E-state index in [4.69, 9.17) is 16.3 Å². The fraction of sp³-hybridized carbons (Fsp3) is 0.438. The molecule has 0 spiro atoms. The maximum Gasteiger partial charge on any atom is 0.442 e. The van der Waals surface area contributed by atoms with Crippen molar-refractivity contribution in [1.82, 2.24) is 0 Å². The molecule has 1 fully saturated rings. The topological polar surface area (TPSA) is 26.3 Å². The molecule has 0 heterocycles. The zero-order valence-electron chi connectivity index (χ0n) is 12.8. The van der Waals surface area contributed by atoms with E-state index in [1.54, 1.807) is 0 Å². The van der Waals surface area contributed by atoms with Crippen molar-refractivity contribution >= 4 is 17.6 Å². The number of carbonyl (C=O) groups is 1. The zero-order chi connectivity index (χ0) is 18.3. The van der Waals surface area contributed by atoms with E-state index >= 15 is 0 Å². The minimum atomic E-state index is -5.09. The first-order chi connectivity index (χ1) is 11.0. The highest BCUT2D eigenvalue weighted by Gasteiger charge is 2.62. The predicted molar refractivity (Wildman–Crippen MR) is 77.2 cm³/mol. The minimum absolute atomic E-state index is 0.0282. The van der Waals surface area contributed by atoms with Crippen molar-refractivity contribution in [3.63, 3.8) is 0 Å². The van der Waals surface area contributed by atoms with E-state index in [0.29, 0.717) is 6.08 Å². The van der Waals surface area contributed by atoms with Crippen LogP contribution in [0.5, 0.6) is 0 Å². The van der Waals surface area contributed by atoms with Crippen molar-refractivity contribution in [3.8, 4) is 0 Å². The summed E-state index contributed by atoms with van der Waals surface area (Å²) in [4.78, 5) is 12.0. The summed E-state index contributed by atoms with van der Waals surface area (Å²) in [5.41, 5.74) is -0.904. The Bertz CT molecular complexity index is 661. The molecule has 0 amide bonds. The second-order valence-corrected chi connectivity index (χ2v) is 6.55. The number of hydrogen-bond acceptors (Lipinski definition) is 2. The normalized spacial score (nSPS) is 23.1. The van der Waals surface area contributed by atoms with Crippen molar-refractivity contribution in [2.24, 2.45) is 17.3 Å². The molecular weight excluding hydrogens is 355 g/mol. The lowest BCUT2D eigenvalue weighted by Crippen LogP contribution is -2.12. The van der Waals surface area contributed by atoms with Crippen LogP contribution >= 0.6 is 11.6 Å². The van der Waals surface area contributed by atoms with Gasteiger partial charge in [0.25, 0.3) is 0 Å². The van der Waals surface area contributed by atoms with Gasteiger partial charge in [-0.2, -0.15) is 13.2 Å². The van der Waals surface area contributed by atoms with E-state index in [0.717, 1.165) is 6.07 Å². The van der Waals surface area contributed by atoms with Gasteiger partial charge in [0.15, 0.2) is 5.83 Å². The summed E-state index contributed by atoms with van der Waals surface area (Å²) < 4.78 is 68.4. The van der Waals surface area contributed by atoms with Crippen LogP contribution in [0.15, 0.2) is 30.1 Å². The summed E-state index contributed by atoms with van der Waals surface area (Å²) in [6, 6.07) is 3.94. The maximum absolute atomic E-state index is 13.6. The molecule has 1 saturated carbocycles. The number of alkyl halides is 3. The molecule has 2 nitrogen and oxygen atoms in total. The van der Waals surface area contributed by atoms with E-state index in [1.807, 2.05) is 0 Å². The molecule has 0 radical (unpaired) electrons. The molecule has 0 aromatic heterocycles. The van der Waals surface area contributed by atoms with Gasteiger partial charge in [0, 0.05) is 5.56 Å². The minimum Gasteiger partial charge on any atom is -0.460 e. The number of carbonyl (C=O) groups excluding carboxylic acids is 1. The molecule has 0 bridgehead atoms. The Balaban J connectivity index is 2.06. The van der Waals surface area contributed by atoms with Crippen LogP contribution < -0.4 is 0 Å². The van der Waals surface area contributed by atoms with E-state index in [1.165, 1.54) is 26.0 Å². The van der Waals surface area contributed by atoms with Gasteiger partial charge in [-0.1, -0.05) is 31.5 Å². The van der Waals surface area contributed by atoms with Crippen molar-refractivity contribution in [3.05, 3.63) is 46.5 Å². The fourth-order valence-electron chi connectivity index (χ4n) is 2.59. The molecule has 132 valence electrons. The van der Waals surface area contributed by atoms with Crippen LogP contribution in [-0.4, -0.2) is 12.1 Å². The maximum atomic E-state index is 13.6. The standard InChI is InChI=1S/C16H14ClF5O2/c1-15(2)9(6-12(19)16(20,21)22)13(15)14(23)24-7-8-10(17)4-3-5-11(8)18/h3-6,9,13H,7H2,1-2H3/t9-,13+/m0/s1. The van der Waals surface area contributed by atoms with Crippen molar-refractivity contribution in [1.29, 1.82) is 0 Å². The second-order valence-electron chi connectivity index (χ2n) is 6.15. The van der Waals surface area contributed by atoms with Gasteiger partial charge in [-0.15, -0.1) is 0 Å². The molecule has 2 atom stereocenters. The Kier molecular flexibility index (Phi) is 4.95. The number of halogens is 6. The number of hydrogen-bond donors (Lipinski definition) is 0. The predicted octanol–water partition coefficient (Wildman–Crippen LogP) is 5.21. The SMILES string of the molecule is CC1(C)[C@@H](C=C(F)C(F)(F)F)[C@@H]1C(=O)OCc1c(F)cccc1Cl. The Morgan fingerprint density at radius 1 is 1.38 bits per heavy atom. The molecule has 0 unspecified atom stereocenters. The van der Waals surface area contributed by atoms with Gasteiger partial charge >= 0.3 is 12.1 Å². The first-order valence-corrected chi connectivity index (χ1v) is 7.38. The van der Waals surface area contributed by atoms with E-state index < -0.39 is 47.6 Å². The number of ether oxygens (including phenoxy) is 1. The summed E-state index contributed by atoms with van der Waals surface area (Å²) in [6.45, 7) is 2.61. The van der Waals surface area contributed by atoms with E-state index in [-0.39, 0.29) is 10.6 Å². The summed E-state index contributed by atoms with van der Waals surface area (Å²) >= 11 is 5.80. The molecule has 0 N–H and O–H groups in total. The average Bonchev–Trinajstić information content (AvgIpc) is 2.98. The Morgan fingerprint density at radius 3 is 2.54 bits per heavy atom. The highest BCUT2D eigenvalue weighted by Crippen LogP contribution is 2.60. The zero-order valence-corrected chi connectivity index (χ0v) is 13.5. The molecule has 8 heteroatoms. The fourth-order valence-corrected chi connectivity index (χ4v) is 2.81. The molecule has 1 aliphatic rings. The van der Waals surface area contributed by atoms with Gasteiger partial charge < -0.3 is 4.74 Å². The lowest BCUT2D eigenvalue weighted by molar-refractivity contribution is -0.147. The van der Waals surface area contributed by atoms with Crippen LogP contribution in [0, 0.1) is 23.1 Å². The lowest BCUT2D eigenvalue weighted by Gasteiger charge is -2.08. The first kappa shape index (κ1) is 18.7. The Morgan fingerprint density at radius 2 is 2.00 bits per heavy atom. The summed E-state index contributed by atoms with van der Waals surface area (Å²) in [5.74, 6) is -5.60. The smallest absolute Gasteiger partial charge is 0.442 e. The number of benzene rings is 1. The van der Waals surface area contributed by atoms with Crippen LogP contribution in [0.3, 0.4) is 0 Å². The summed E-state index contributed by atoms with van der Waals surface area (Å²) in [6.07, 6.45) is -4.70. The van der Waals surface area contributed by atoms with Gasteiger partial charge in [0.1, 0.15) is 12.4 Å². The molecule has 1 aliphatic carbocycles. The third kappa shape index (κ3) is 3.71. The Hall–Kier alpha value is -1.63. The van der Waals surface area contributed by atoms with Gasteiger partial charge in [-0.25, -0.2) is 8.78 Å². The number of allylic oxidation sites excluding steroid dienone is 2. The third-order valence-corrected chi connectivity index (χ3v) is 4.54. The number of esters is 1. The van der Waals surface area contributed by atoms with Crippen LogP contribution in [0.25, 0.3) is 0 Å². The number of rotatable bonds is 4. The summed E-state index contributed by atoms with van der Waals surface area (Å²) in [7, 11) is 0. The van der Waals surface area contributed by atoms with Gasteiger partial charge in [0.05, 0.1) is 10.9 Å². The second kappa shape index (κ2) is 6.35. The van der Waals surface area contributed by atoms with Crippen LogP contribution in [0.2, 0.25) is 5.02 Å². The molecule has 1 aromatic rings. The molecule has 2 rings (SSSR count). The first-order valence-electron chi connectivity index (χ1n) is 7.00. The molecule has 24 heavy (non-hydrogen) atoms. The third-order valence-electron chi connectivity index (χ3n) is 4.18. The monoisotopic (exact) mass is 368 g/mol. The highest BCUT2D eigenvalue weighted by molar-refractivity contribution is 6.31. The molecular formula is C16H14ClF5O2. The van der Waals surface area contributed by atoms with Gasteiger partial charge in [-0.05, 0) is 29.5 Å². The lowest BCUT2D eigenvalue weighted by atomic mass is 10.1. The van der Waals surface area contributed by atoms with Crippen molar-refractivity contribution in [2.45, 2.75) is 26.6 Å². The summed E-state index contributed by atoms with van der Waals surface area (Å²) in [5, 5.41) is 0.0671. The molecule has 1 aromatic carbocycles. The molecule has 0 aliphatic heterocycles. The largest absolute Gasteiger partial charge is 0.460 e. The van der Waals surface area contributed by atoms with E-state index in [9.17, 15) is 26.7 Å². The van der Waals surface area contributed by atoms with Gasteiger partial charge in [-0.3, -0.25) is 4.79 Å². The average molecular weight is 369 g/mol. The van der Waals surface area contributed by atoms with Gasteiger partial charge in [0.2, 0.25) is 0 Å². The molecule has 0 saturated heterocycles. The Labute approximate surface area is 140 Å².